The highest BCUT2D eigenvalue weighted by molar-refractivity contribution is 5.69. The van der Waals surface area contributed by atoms with Gasteiger partial charge in [-0.15, -0.1) is 0 Å². The Hall–Kier alpha value is -1.10. The SMILES string of the molecule is CCC(=O)OC(C)NC(C)OC(=O)CC. The van der Waals surface area contributed by atoms with Gasteiger partial charge in [0.2, 0.25) is 0 Å². The zero-order valence-corrected chi connectivity index (χ0v) is 9.70. The highest BCUT2D eigenvalue weighted by atomic mass is 16.6. The van der Waals surface area contributed by atoms with Crippen LogP contribution in [0.1, 0.15) is 40.5 Å². The van der Waals surface area contributed by atoms with E-state index < -0.39 is 12.5 Å². The molecule has 0 fully saturated rings. The molecule has 2 unspecified atom stereocenters. The van der Waals surface area contributed by atoms with Crippen LogP contribution in [0.3, 0.4) is 0 Å². The summed E-state index contributed by atoms with van der Waals surface area (Å²) < 4.78 is 9.89. The van der Waals surface area contributed by atoms with E-state index in [1.807, 2.05) is 0 Å². The molecule has 0 aliphatic rings. The molecule has 0 aromatic carbocycles. The second-order valence-electron chi connectivity index (χ2n) is 3.14. The zero-order valence-electron chi connectivity index (χ0n) is 9.70. The maximum atomic E-state index is 10.9. The summed E-state index contributed by atoms with van der Waals surface area (Å²) in [6.45, 7) is 6.80. The molecule has 0 rings (SSSR count). The van der Waals surface area contributed by atoms with Crippen molar-refractivity contribution >= 4 is 11.9 Å². The number of nitrogens with one attached hydrogen (secondary N) is 1. The fourth-order valence-electron chi connectivity index (χ4n) is 0.960. The summed E-state index contributed by atoms with van der Waals surface area (Å²) in [5.74, 6) is -0.576. The molecule has 88 valence electrons. The average molecular weight is 217 g/mol. The van der Waals surface area contributed by atoms with Gasteiger partial charge in [-0.2, -0.15) is 0 Å². The van der Waals surface area contributed by atoms with Gasteiger partial charge in [0.05, 0.1) is 0 Å². The first-order valence-electron chi connectivity index (χ1n) is 5.14. The van der Waals surface area contributed by atoms with Gasteiger partial charge in [-0.05, 0) is 13.8 Å². The number of esters is 2. The summed E-state index contributed by atoms with van der Waals surface area (Å²) in [6.07, 6.45) is -0.265. The van der Waals surface area contributed by atoms with Gasteiger partial charge >= 0.3 is 11.9 Å². The molecule has 5 nitrogen and oxygen atoms in total. The van der Waals surface area contributed by atoms with E-state index in [2.05, 4.69) is 5.32 Å². The molecular weight excluding hydrogens is 198 g/mol. The van der Waals surface area contributed by atoms with Gasteiger partial charge < -0.3 is 9.47 Å². The molecule has 0 bridgehead atoms. The normalized spacial score (nSPS) is 14.1. The van der Waals surface area contributed by atoms with E-state index in [1.165, 1.54) is 0 Å². The van der Waals surface area contributed by atoms with Crippen LogP contribution < -0.4 is 5.32 Å². The average Bonchev–Trinajstić information content (AvgIpc) is 2.16. The van der Waals surface area contributed by atoms with E-state index in [-0.39, 0.29) is 11.9 Å². The Bertz CT molecular complexity index is 195. The van der Waals surface area contributed by atoms with Crippen molar-refractivity contribution in [1.82, 2.24) is 5.32 Å². The smallest absolute Gasteiger partial charge is 0.307 e. The summed E-state index contributed by atoms with van der Waals surface area (Å²) in [7, 11) is 0. The molecule has 0 radical (unpaired) electrons. The first-order valence-corrected chi connectivity index (χ1v) is 5.14. The standard InChI is InChI=1S/C10H19NO4/c1-5-9(12)14-7(3)11-8(4)15-10(13)6-2/h7-8,11H,5-6H2,1-4H3. The molecule has 2 atom stereocenters. The Morgan fingerprint density at radius 3 is 1.60 bits per heavy atom. The van der Waals surface area contributed by atoms with E-state index in [1.54, 1.807) is 27.7 Å². The topological polar surface area (TPSA) is 64.6 Å². The molecule has 0 aliphatic heterocycles. The quantitative estimate of drug-likeness (QED) is 0.534. The maximum Gasteiger partial charge on any atom is 0.307 e. The number of hydrogen-bond acceptors (Lipinski definition) is 5. The van der Waals surface area contributed by atoms with Crippen molar-refractivity contribution in [3.63, 3.8) is 0 Å². The molecule has 1 N–H and O–H groups in total. The molecule has 15 heavy (non-hydrogen) atoms. The lowest BCUT2D eigenvalue weighted by Gasteiger charge is -2.20. The third kappa shape index (κ3) is 6.90. The van der Waals surface area contributed by atoms with Gasteiger partial charge in [0, 0.05) is 12.8 Å². The van der Waals surface area contributed by atoms with Crippen molar-refractivity contribution in [3.8, 4) is 0 Å². The minimum Gasteiger partial charge on any atom is -0.447 e. The number of carbonyl (C=O) groups is 2. The van der Waals surface area contributed by atoms with Gasteiger partial charge in [-0.3, -0.25) is 9.59 Å². The minimum atomic E-state index is -0.461. The van der Waals surface area contributed by atoms with E-state index >= 15 is 0 Å². The van der Waals surface area contributed by atoms with Gasteiger partial charge in [0.25, 0.3) is 0 Å². The predicted octanol–water partition coefficient (Wildman–Crippen LogP) is 1.17. The van der Waals surface area contributed by atoms with Crippen LogP contribution in [0.25, 0.3) is 0 Å². The summed E-state index contributed by atoms with van der Waals surface area (Å²) >= 11 is 0. The lowest BCUT2D eigenvalue weighted by Crippen LogP contribution is -2.40. The molecule has 0 heterocycles. The van der Waals surface area contributed by atoms with Gasteiger partial charge in [0.15, 0.2) is 12.5 Å². The largest absolute Gasteiger partial charge is 0.447 e. The van der Waals surface area contributed by atoms with E-state index in [9.17, 15) is 9.59 Å². The fraction of sp³-hybridized carbons (Fsp3) is 0.800. The molecule has 0 spiro atoms. The van der Waals surface area contributed by atoms with E-state index in [0.717, 1.165) is 0 Å². The third-order valence-electron chi connectivity index (χ3n) is 1.66. The van der Waals surface area contributed by atoms with Crippen LogP contribution in [-0.4, -0.2) is 24.4 Å². The summed E-state index contributed by atoms with van der Waals surface area (Å²) in [5, 5.41) is 2.82. The van der Waals surface area contributed by atoms with Crippen LogP contribution in [0.5, 0.6) is 0 Å². The van der Waals surface area contributed by atoms with Crippen molar-refractivity contribution in [1.29, 1.82) is 0 Å². The summed E-state index contributed by atoms with van der Waals surface area (Å²) in [6, 6.07) is 0. The highest BCUT2D eigenvalue weighted by Gasteiger charge is 2.13. The van der Waals surface area contributed by atoms with Gasteiger partial charge in [-0.25, -0.2) is 5.32 Å². The zero-order chi connectivity index (χ0) is 11.8. The summed E-state index contributed by atoms with van der Waals surface area (Å²) in [4.78, 5) is 21.8. The first-order chi connectivity index (χ1) is 6.99. The Labute approximate surface area is 90.1 Å². The predicted molar refractivity (Wildman–Crippen MR) is 54.8 cm³/mol. The van der Waals surface area contributed by atoms with Crippen LogP contribution in [0.15, 0.2) is 0 Å². The highest BCUT2D eigenvalue weighted by Crippen LogP contribution is 1.96. The van der Waals surface area contributed by atoms with Crippen molar-refractivity contribution in [2.75, 3.05) is 0 Å². The van der Waals surface area contributed by atoms with Crippen LogP contribution in [0.4, 0.5) is 0 Å². The maximum absolute atomic E-state index is 10.9. The molecule has 5 heteroatoms. The lowest BCUT2D eigenvalue weighted by molar-refractivity contribution is -0.156. The monoisotopic (exact) mass is 217 g/mol. The number of carbonyl (C=O) groups excluding carboxylic acids is 2. The Balaban J connectivity index is 3.80. The molecular formula is C10H19NO4. The molecule has 0 aliphatic carbocycles. The van der Waals surface area contributed by atoms with E-state index in [4.69, 9.17) is 9.47 Å². The van der Waals surface area contributed by atoms with Crippen molar-refractivity contribution in [3.05, 3.63) is 0 Å². The van der Waals surface area contributed by atoms with Crippen LogP contribution in [-0.2, 0) is 19.1 Å². The molecule has 0 saturated heterocycles. The third-order valence-corrected chi connectivity index (χ3v) is 1.66. The minimum absolute atomic E-state index is 0.288. The lowest BCUT2D eigenvalue weighted by atomic mass is 10.5. The molecule has 0 saturated carbocycles. The second-order valence-corrected chi connectivity index (χ2v) is 3.14. The van der Waals surface area contributed by atoms with Gasteiger partial charge in [-0.1, -0.05) is 13.8 Å². The second kappa shape index (κ2) is 7.23. The molecule has 0 amide bonds. The van der Waals surface area contributed by atoms with Crippen molar-refractivity contribution < 1.29 is 19.1 Å². The van der Waals surface area contributed by atoms with Crippen molar-refractivity contribution in [2.45, 2.75) is 53.0 Å². The Morgan fingerprint density at radius 1 is 1.00 bits per heavy atom. The summed E-state index contributed by atoms with van der Waals surface area (Å²) in [5.41, 5.74) is 0. The number of ether oxygens (including phenoxy) is 2. The number of hydrogen-bond donors (Lipinski definition) is 1. The Morgan fingerprint density at radius 2 is 1.33 bits per heavy atom. The molecule has 0 aromatic heterocycles. The van der Waals surface area contributed by atoms with Crippen LogP contribution >= 0.6 is 0 Å². The van der Waals surface area contributed by atoms with Crippen molar-refractivity contribution in [2.24, 2.45) is 0 Å². The van der Waals surface area contributed by atoms with Crippen LogP contribution in [0.2, 0.25) is 0 Å². The number of rotatable bonds is 6. The Kier molecular flexibility index (Phi) is 6.70. The first kappa shape index (κ1) is 13.9. The molecule has 0 aromatic rings. The van der Waals surface area contributed by atoms with Crippen LogP contribution in [0, 0.1) is 0 Å². The fourth-order valence-corrected chi connectivity index (χ4v) is 0.960. The van der Waals surface area contributed by atoms with E-state index in [0.29, 0.717) is 12.8 Å². The van der Waals surface area contributed by atoms with Gasteiger partial charge in [0.1, 0.15) is 0 Å².